The van der Waals surface area contributed by atoms with Gasteiger partial charge in [-0.05, 0) is 25.0 Å². The molecule has 0 aliphatic heterocycles. The van der Waals surface area contributed by atoms with Gasteiger partial charge in [-0.15, -0.1) is 11.3 Å². The molecule has 1 aromatic carbocycles. The molecule has 0 bridgehead atoms. The Morgan fingerprint density at radius 1 is 1.39 bits per heavy atom. The van der Waals surface area contributed by atoms with Crippen LogP contribution in [0.3, 0.4) is 0 Å². The molecule has 18 heavy (non-hydrogen) atoms. The molecule has 0 atom stereocenters. The van der Waals surface area contributed by atoms with Gasteiger partial charge >= 0.3 is 0 Å². The zero-order valence-electron chi connectivity index (χ0n) is 10.8. The molecule has 96 valence electrons. The van der Waals surface area contributed by atoms with Crippen molar-refractivity contribution in [3.63, 3.8) is 0 Å². The summed E-state index contributed by atoms with van der Waals surface area (Å²) in [5.74, 6) is 0.628. The second-order valence-electron chi connectivity index (χ2n) is 4.71. The van der Waals surface area contributed by atoms with E-state index in [0.717, 1.165) is 27.4 Å². The van der Waals surface area contributed by atoms with E-state index in [9.17, 15) is 0 Å². The Balaban J connectivity index is 2.24. The number of aromatic nitrogens is 1. The molecule has 0 spiro atoms. The maximum atomic E-state index is 4.68. The Morgan fingerprint density at radius 2 is 2.17 bits per heavy atom. The molecule has 1 N–H and O–H groups in total. The monoisotopic (exact) mass is 324 g/mol. The van der Waals surface area contributed by atoms with Crippen molar-refractivity contribution in [2.45, 2.75) is 20.8 Å². The number of hydrogen-bond acceptors (Lipinski definition) is 3. The average molecular weight is 325 g/mol. The molecule has 0 saturated heterocycles. The number of anilines is 1. The standard InChI is InChI=1S/C14H17BrN2S/c1-9(2)8-16-14-17-13(10(3)18-14)11-5-4-6-12(15)7-11/h4-7,9H,8H2,1-3H3,(H,16,17). The Kier molecular flexibility index (Phi) is 4.40. The van der Waals surface area contributed by atoms with E-state index in [-0.39, 0.29) is 0 Å². The van der Waals surface area contributed by atoms with Crippen molar-refractivity contribution >= 4 is 32.4 Å². The molecule has 4 heteroatoms. The van der Waals surface area contributed by atoms with Crippen LogP contribution < -0.4 is 5.32 Å². The maximum Gasteiger partial charge on any atom is 0.183 e. The number of aryl methyl sites for hydroxylation is 1. The Hall–Kier alpha value is -0.870. The normalized spacial score (nSPS) is 10.9. The van der Waals surface area contributed by atoms with Crippen LogP contribution in [0.5, 0.6) is 0 Å². The average Bonchev–Trinajstić information content (AvgIpc) is 2.68. The molecule has 0 aliphatic rings. The van der Waals surface area contributed by atoms with E-state index >= 15 is 0 Å². The van der Waals surface area contributed by atoms with E-state index in [1.54, 1.807) is 11.3 Å². The molecule has 1 heterocycles. The van der Waals surface area contributed by atoms with Gasteiger partial charge in [0.2, 0.25) is 0 Å². The van der Waals surface area contributed by atoms with E-state index < -0.39 is 0 Å². The number of thiazole rings is 1. The summed E-state index contributed by atoms with van der Waals surface area (Å²) in [5, 5.41) is 4.40. The zero-order valence-corrected chi connectivity index (χ0v) is 13.2. The van der Waals surface area contributed by atoms with Crippen molar-refractivity contribution in [1.29, 1.82) is 0 Å². The summed E-state index contributed by atoms with van der Waals surface area (Å²) >= 11 is 5.22. The lowest BCUT2D eigenvalue weighted by molar-refractivity contribution is 0.688. The molecule has 2 aromatic rings. The third-order valence-corrected chi connectivity index (χ3v) is 3.98. The quantitative estimate of drug-likeness (QED) is 0.860. The zero-order chi connectivity index (χ0) is 13.1. The lowest BCUT2D eigenvalue weighted by atomic mass is 10.1. The second-order valence-corrected chi connectivity index (χ2v) is 6.83. The number of nitrogens with zero attached hydrogens (tertiary/aromatic N) is 1. The van der Waals surface area contributed by atoms with Gasteiger partial charge in [0.15, 0.2) is 5.13 Å². The number of nitrogens with one attached hydrogen (secondary N) is 1. The third kappa shape index (κ3) is 3.33. The number of hydrogen-bond donors (Lipinski definition) is 1. The topological polar surface area (TPSA) is 24.9 Å². The third-order valence-electron chi connectivity index (χ3n) is 2.56. The van der Waals surface area contributed by atoms with Gasteiger partial charge in [0.1, 0.15) is 0 Å². The van der Waals surface area contributed by atoms with Crippen molar-refractivity contribution in [2.24, 2.45) is 5.92 Å². The van der Waals surface area contributed by atoms with E-state index in [2.05, 4.69) is 59.1 Å². The summed E-state index contributed by atoms with van der Waals surface area (Å²) in [6.07, 6.45) is 0. The van der Waals surface area contributed by atoms with Crippen molar-refractivity contribution in [1.82, 2.24) is 4.98 Å². The summed E-state index contributed by atoms with van der Waals surface area (Å²) in [6.45, 7) is 7.48. The van der Waals surface area contributed by atoms with E-state index in [1.165, 1.54) is 4.88 Å². The predicted molar refractivity (Wildman–Crippen MR) is 83.3 cm³/mol. The summed E-state index contributed by atoms with van der Waals surface area (Å²) < 4.78 is 1.09. The first kappa shape index (κ1) is 13.6. The number of benzene rings is 1. The first-order chi connectivity index (χ1) is 8.56. The van der Waals surface area contributed by atoms with Crippen LogP contribution in [0.15, 0.2) is 28.7 Å². The fraction of sp³-hybridized carbons (Fsp3) is 0.357. The molecular formula is C14H17BrN2S. The summed E-state index contributed by atoms with van der Waals surface area (Å²) in [6, 6.07) is 8.27. The first-order valence-corrected chi connectivity index (χ1v) is 7.64. The van der Waals surface area contributed by atoms with Gasteiger partial charge in [0.05, 0.1) is 5.69 Å². The molecule has 0 saturated carbocycles. The predicted octanol–water partition coefficient (Wildman–Crippen LogP) is 4.95. The van der Waals surface area contributed by atoms with Gasteiger partial charge in [-0.25, -0.2) is 4.98 Å². The maximum absolute atomic E-state index is 4.68. The van der Waals surface area contributed by atoms with Crippen LogP contribution >= 0.6 is 27.3 Å². The van der Waals surface area contributed by atoms with Gasteiger partial charge in [-0.3, -0.25) is 0 Å². The van der Waals surface area contributed by atoms with Crippen LogP contribution in [0.4, 0.5) is 5.13 Å². The Labute approximate surface area is 121 Å². The highest BCUT2D eigenvalue weighted by Crippen LogP contribution is 2.31. The van der Waals surface area contributed by atoms with Crippen LogP contribution in [0.2, 0.25) is 0 Å². The SMILES string of the molecule is Cc1sc(NCC(C)C)nc1-c1cccc(Br)c1. The van der Waals surface area contributed by atoms with Gasteiger partial charge in [0, 0.05) is 21.5 Å². The highest BCUT2D eigenvalue weighted by molar-refractivity contribution is 9.10. The lowest BCUT2D eigenvalue weighted by Crippen LogP contribution is -2.07. The van der Waals surface area contributed by atoms with Crippen LogP contribution in [0, 0.1) is 12.8 Å². The van der Waals surface area contributed by atoms with Crippen molar-refractivity contribution in [3.8, 4) is 11.3 Å². The van der Waals surface area contributed by atoms with Crippen molar-refractivity contribution in [3.05, 3.63) is 33.6 Å². The lowest BCUT2D eigenvalue weighted by Gasteiger charge is -2.04. The van der Waals surface area contributed by atoms with Crippen molar-refractivity contribution < 1.29 is 0 Å². The molecule has 2 rings (SSSR count). The smallest absolute Gasteiger partial charge is 0.183 e. The Morgan fingerprint density at radius 3 is 2.83 bits per heavy atom. The molecule has 1 aromatic heterocycles. The fourth-order valence-corrected chi connectivity index (χ4v) is 2.91. The summed E-state index contributed by atoms with van der Waals surface area (Å²) in [4.78, 5) is 5.93. The molecule has 0 unspecified atom stereocenters. The minimum absolute atomic E-state index is 0.628. The van der Waals surface area contributed by atoms with Crippen LogP contribution in [0.1, 0.15) is 18.7 Å². The minimum atomic E-state index is 0.628. The number of halogens is 1. The van der Waals surface area contributed by atoms with Crippen LogP contribution in [-0.4, -0.2) is 11.5 Å². The molecular weight excluding hydrogens is 308 g/mol. The van der Waals surface area contributed by atoms with E-state index in [1.807, 2.05) is 12.1 Å². The second kappa shape index (κ2) is 5.85. The molecule has 0 amide bonds. The van der Waals surface area contributed by atoms with E-state index in [0.29, 0.717) is 5.92 Å². The summed E-state index contributed by atoms with van der Waals surface area (Å²) in [7, 11) is 0. The van der Waals surface area contributed by atoms with Gasteiger partial charge in [-0.1, -0.05) is 41.9 Å². The van der Waals surface area contributed by atoms with E-state index in [4.69, 9.17) is 0 Å². The molecule has 0 aliphatic carbocycles. The van der Waals surface area contributed by atoms with Gasteiger partial charge < -0.3 is 5.32 Å². The largest absolute Gasteiger partial charge is 0.361 e. The molecule has 2 nitrogen and oxygen atoms in total. The van der Waals surface area contributed by atoms with Gasteiger partial charge in [-0.2, -0.15) is 0 Å². The summed E-state index contributed by atoms with van der Waals surface area (Å²) in [5.41, 5.74) is 2.24. The molecule has 0 fully saturated rings. The fourth-order valence-electron chi connectivity index (χ4n) is 1.67. The minimum Gasteiger partial charge on any atom is -0.361 e. The van der Waals surface area contributed by atoms with Crippen LogP contribution in [0.25, 0.3) is 11.3 Å². The van der Waals surface area contributed by atoms with Crippen LogP contribution in [-0.2, 0) is 0 Å². The molecule has 0 radical (unpaired) electrons. The van der Waals surface area contributed by atoms with Crippen molar-refractivity contribution in [2.75, 3.05) is 11.9 Å². The Bertz CT molecular complexity index is 534. The highest BCUT2D eigenvalue weighted by Gasteiger charge is 2.10. The number of rotatable bonds is 4. The van der Waals surface area contributed by atoms with Gasteiger partial charge in [0.25, 0.3) is 0 Å². The first-order valence-electron chi connectivity index (χ1n) is 6.03. The highest BCUT2D eigenvalue weighted by atomic mass is 79.9.